The van der Waals surface area contributed by atoms with E-state index in [0.717, 1.165) is 5.56 Å². The molecule has 0 aliphatic carbocycles. The van der Waals surface area contributed by atoms with E-state index in [1.807, 2.05) is 19.1 Å². The van der Waals surface area contributed by atoms with Crippen molar-refractivity contribution in [1.82, 2.24) is 9.38 Å². The van der Waals surface area contributed by atoms with Crippen LogP contribution in [0, 0.1) is 6.92 Å². The van der Waals surface area contributed by atoms with Crippen LogP contribution < -0.4 is 4.74 Å². The van der Waals surface area contributed by atoms with Crippen LogP contribution in [0.4, 0.5) is 0 Å². The summed E-state index contributed by atoms with van der Waals surface area (Å²) in [7, 11) is 0. The highest BCUT2D eigenvalue weighted by atomic mass is 35.5. The van der Waals surface area contributed by atoms with E-state index in [1.165, 1.54) is 0 Å². The zero-order valence-corrected chi connectivity index (χ0v) is 12.5. The first-order chi connectivity index (χ1) is 10.6. The maximum Gasteiger partial charge on any atom is 0.356 e. The van der Waals surface area contributed by atoms with Crippen LogP contribution in [0.3, 0.4) is 0 Å². The first-order valence-electron chi connectivity index (χ1n) is 6.64. The van der Waals surface area contributed by atoms with Crippen molar-refractivity contribution in [1.29, 1.82) is 0 Å². The van der Waals surface area contributed by atoms with Gasteiger partial charge in [-0.1, -0.05) is 17.7 Å². The number of hydrogen-bond donors (Lipinski definition) is 1. The van der Waals surface area contributed by atoms with Crippen molar-refractivity contribution < 1.29 is 14.6 Å². The number of halogens is 1. The highest BCUT2D eigenvalue weighted by Gasteiger charge is 2.18. The van der Waals surface area contributed by atoms with Gasteiger partial charge in [-0.05, 0) is 42.8 Å². The Morgan fingerprint density at radius 2 is 2.05 bits per heavy atom. The lowest BCUT2D eigenvalue weighted by molar-refractivity contribution is 0.0693. The number of nitrogens with zero attached hydrogens (tertiary/aromatic N) is 2. The van der Waals surface area contributed by atoms with Gasteiger partial charge in [-0.25, -0.2) is 9.78 Å². The second kappa shape index (κ2) is 5.69. The molecule has 5 nitrogen and oxygen atoms in total. The lowest BCUT2D eigenvalue weighted by Crippen LogP contribution is -2.01. The normalized spacial score (nSPS) is 10.8. The van der Waals surface area contributed by atoms with Gasteiger partial charge in [0.05, 0.1) is 5.52 Å². The van der Waals surface area contributed by atoms with Gasteiger partial charge in [-0.2, -0.15) is 0 Å². The molecule has 0 radical (unpaired) electrons. The third-order valence-corrected chi connectivity index (χ3v) is 3.58. The number of carboxylic acids is 1. The number of carboxylic acid groups (broad SMARTS) is 1. The van der Waals surface area contributed by atoms with Crippen LogP contribution in [-0.4, -0.2) is 20.5 Å². The summed E-state index contributed by atoms with van der Waals surface area (Å²) in [6.07, 6.45) is 1.78. The molecule has 112 valence electrons. The molecular weight excluding hydrogens is 304 g/mol. The van der Waals surface area contributed by atoms with E-state index < -0.39 is 5.97 Å². The SMILES string of the molecule is Cc1cccn2c(COc3ccc(Cl)cc3)nc(C(=O)O)c12. The predicted octanol–water partition coefficient (Wildman–Crippen LogP) is 3.57. The number of pyridine rings is 1. The molecular formula is C16H13ClN2O3. The highest BCUT2D eigenvalue weighted by Crippen LogP contribution is 2.20. The molecule has 0 atom stereocenters. The maximum atomic E-state index is 11.4. The van der Waals surface area contributed by atoms with Gasteiger partial charge in [0.25, 0.3) is 0 Å². The zero-order chi connectivity index (χ0) is 15.7. The fourth-order valence-corrected chi connectivity index (χ4v) is 2.42. The number of imidazole rings is 1. The summed E-state index contributed by atoms with van der Waals surface area (Å²) in [5.74, 6) is 0.126. The average Bonchev–Trinajstić information content (AvgIpc) is 2.87. The minimum absolute atomic E-state index is 0.0350. The number of aryl methyl sites for hydroxylation is 1. The lowest BCUT2D eigenvalue weighted by Gasteiger charge is -2.06. The molecule has 0 unspecified atom stereocenters. The minimum Gasteiger partial charge on any atom is -0.486 e. The molecule has 2 heterocycles. The van der Waals surface area contributed by atoms with Gasteiger partial charge in [0.1, 0.15) is 12.4 Å². The largest absolute Gasteiger partial charge is 0.486 e. The Morgan fingerprint density at radius 3 is 2.73 bits per heavy atom. The Hall–Kier alpha value is -2.53. The molecule has 0 amide bonds. The van der Waals surface area contributed by atoms with E-state index in [1.54, 1.807) is 34.9 Å². The number of carbonyl (C=O) groups is 1. The number of fused-ring (bicyclic) bond motifs is 1. The fraction of sp³-hybridized carbons (Fsp3) is 0.125. The van der Waals surface area contributed by atoms with Gasteiger partial charge in [-0.3, -0.25) is 4.40 Å². The van der Waals surface area contributed by atoms with E-state index in [-0.39, 0.29) is 12.3 Å². The molecule has 0 aliphatic heterocycles. The molecule has 0 spiro atoms. The predicted molar refractivity (Wildman–Crippen MR) is 82.7 cm³/mol. The van der Waals surface area contributed by atoms with Crippen molar-refractivity contribution in [2.24, 2.45) is 0 Å². The van der Waals surface area contributed by atoms with E-state index in [9.17, 15) is 9.90 Å². The van der Waals surface area contributed by atoms with Crippen LogP contribution in [0.2, 0.25) is 5.02 Å². The van der Waals surface area contributed by atoms with E-state index in [2.05, 4.69) is 4.98 Å². The van der Waals surface area contributed by atoms with Crippen LogP contribution in [0.25, 0.3) is 5.52 Å². The van der Waals surface area contributed by atoms with Gasteiger partial charge in [0.15, 0.2) is 11.5 Å². The molecule has 0 aliphatic rings. The van der Waals surface area contributed by atoms with Crippen molar-refractivity contribution in [3.05, 3.63) is 64.7 Å². The van der Waals surface area contributed by atoms with Crippen molar-refractivity contribution in [2.45, 2.75) is 13.5 Å². The van der Waals surface area contributed by atoms with Gasteiger partial charge >= 0.3 is 5.97 Å². The van der Waals surface area contributed by atoms with Crippen LogP contribution >= 0.6 is 11.6 Å². The Kier molecular flexibility index (Phi) is 3.73. The lowest BCUT2D eigenvalue weighted by atomic mass is 10.2. The summed E-state index contributed by atoms with van der Waals surface area (Å²) < 4.78 is 7.40. The summed E-state index contributed by atoms with van der Waals surface area (Å²) in [5, 5.41) is 9.93. The third kappa shape index (κ3) is 2.63. The summed E-state index contributed by atoms with van der Waals surface area (Å²) in [6.45, 7) is 2.02. The van der Waals surface area contributed by atoms with Crippen molar-refractivity contribution in [3.63, 3.8) is 0 Å². The first kappa shape index (κ1) is 14.4. The molecule has 3 rings (SSSR count). The second-order valence-electron chi connectivity index (χ2n) is 4.83. The van der Waals surface area contributed by atoms with Gasteiger partial charge < -0.3 is 9.84 Å². The monoisotopic (exact) mass is 316 g/mol. The molecule has 0 bridgehead atoms. The number of hydrogen-bond acceptors (Lipinski definition) is 3. The quantitative estimate of drug-likeness (QED) is 0.799. The van der Waals surface area contributed by atoms with Gasteiger partial charge in [-0.15, -0.1) is 0 Å². The van der Waals surface area contributed by atoms with Crippen molar-refractivity contribution in [2.75, 3.05) is 0 Å². The smallest absolute Gasteiger partial charge is 0.356 e. The number of aromatic carboxylic acids is 1. The Morgan fingerprint density at radius 1 is 1.32 bits per heavy atom. The highest BCUT2D eigenvalue weighted by molar-refractivity contribution is 6.30. The molecule has 0 saturated carbocycles. The molecule has 1 N–H and O–H groups in total. The van der Waals surface area contributed by atoms with Gasteiger partial charge in [0, 0.05) is 11.2 Å². The van der Waals surface area contributed by atoms with E-state index in [4.69, 9.17) is 16.3 Å². The molecule has 0 fully saturated rings. The number of rotatable bonds is 4. The van der Waals surface area contributed by atoms with Crippen molar-refractivity contribution in [3.8, 4) is 5.75 Å². The Bertz CT molecular complexity index is 840. The summed E-state index contributed by atoms with van der Waals surface area (Å²) in [5.41, 5.74) is 1.47. The summed E-state index contributed by atoms with van der Waals surface area (Å²) in [6, 6.07) is 10.7. The van der Waals surface area contributed by atoms with E-state index in [0.29, 0.717) is 22.1 Å². The second-order valence-corrected chi connectivity index (χ2v) is 5.27. The van der Waals surface area contributed by atoms with E-state index >= 15 is 0 Å². The Balaban J connectivity index is 1.95. The van der Waals surface area contributed by atoms with Crippen LogP contribution in [0.1, 0.15) is 21.9 Å². The number of ether oxygens (including phenoxy) is 1. The third-order valence-electron chi connectivity index (χ3n) is 3.32. The average molecular weight is 317 g/mol. The van der Waals surface area contributed by atoms with Gasteiger partial charge in [0.2, 0.25) is 0 Å². The standard InChI is InChI=1S/C16H13ClN2O3/c1-10-3-2-8-19-13(18-14(15(10)19)16(20)21)9-22-12-6-4-11(17)5-7-12/h2-8H,9H2,1H3,(H,20,21). The minimum atomic E-state index is -1.05. The molecule has 2 aromatic heterocycles. The number of aromatic nitrogens is 2. The molecule has 22 heavy (non-hydrogen) atoms. The first-order valence-corrected chi connectivity index (χ1v) is 7.02. The molecule has 1 aromatic carbocycles. The topological polar surface area (TPSA) is 63.8 Å². The molecule has 0 saturated heterocycles. The van der Waals surface area contributed by atoms with Crippen LogP contribution in [0.5, 0.6) is 5.75 Å². The van der Waals surface area contributed by atoms with Crippen molar-refractivity contribution >= 4 is 23.1 Å². The zero-order valence-electron chi connectivity index (χ0n) is 11.8. The summed E-state index contributed by atoms with van der Waals surface area (Å²) in [4.78, 5) is 15.6. The molecule has 3 aromatic rings. The number of benzene rings is 1. The van der Waals surface area contributed by atoms with Crippen LogP contribution in [-0.2, 0) is 6.61 Å². The fourth-order valence-electron chi connectivity index (χ4n) is 2.30. The van der Waals surface area contributed by atoms with Crippen LogP contribution in [0.15, 0.2) is 42.6 Å². The maximum absolute atomic E-state index is 11.4. The molecule has 6 heteroatoms. The summed E-state index contributed by atoms with van der Waals surface area (Å²) >= 11 is 5.83. The Labute approximate surface area is 131 Å².